The Labute approximate surface area is 175 Å². The van der Waals surface area contributed by atoms with E-state index in [0.717, 1.165) is 5.56 Å². The molecule has 0 saturated heterocycles. The molecule has 7 nitrogen and oxygen atoms in total. The number of amides is 2. The second-order valence-corrected chi connectivity index (χ2v) is 7.18. The van der Waals surface area contributed by atoms with Gasteiger partial charge in [0.1, 0.15) is 17.5 Å². The Morgan fingerprint density at radius 2 is 1.60 bits per heavy atom. The fourth-order valence-electron chi connectivity index (χ4n) is 2.66. The van der Waals surface area contributed by atoms with E-state index in [1.54, 1.807) is 69.5 Å². The Morgan fingerprint density at radius 3 is 2.10 bits per heavy atom. The van der Waals surface area contributed by atoms with E-state index in [9.17, 15) is 19.5 Å². The lowest BCUT2D eigenvalue weighted by atomic mass is 10.0. The third-order valence-electron chi connectivity index (χ3n) is 4.45. The van der Waals surface area contributed by atoms with Gasteiger partial charge in [-0.05, 0) is 48.7 Å². The smallest absolute Gasteiger partial charge is 0.326 e. The van der Waals surface area contributed by atoms with Crippen LogP contribution in [-0.2, 0) is 9.59 Å². The molecule has 0 saturated carbocycles. The Morgan fingerprint density at radius 1 is 1.00 bits per heavy atom. The molecular formula is C23H26N2O5. The normalized spacial score (nSPS) is 12.2. The first-order chi connectivity index (χ1) is 14.2. The molecule has 0 radical (unpaired) electrons. The minimum Gasteiger partial charge on any atom is -0.497 e. The summed E-state index contributed by atoms with van der Waals surface area (Å²) in [5, 5.41) is 14.4. The molecule has 7 heteroatoms. The first kappa shape index (κ1) is 22.7. The van der Waals surface area contributed by atoms with Crippen LogP contribution >= 0.6 is 0 Å². The Kier molecular flexibility index (Phi) is 7.75. The van der Waals surface area contributed by atoms with Crippen LogP contribution in [0.3, 0.4) is 0 Å². The summed E-state index contributed by atoms with van der Waals surface area (Å²) in [6.45, 7) is 5.29. The van der Waals surface area contributed by atoms with Crippen LogP contribution in [0.15, 0.2) is 54.2 Å². The number of carbonyl (C=O) groups excluding carboxylic acids is 2. The Bertz CT molecular complexity index is 931. The second kappa shape index (κ2) is 10.2. The molecule has 2 amide bonds. The van der Waals surface area contributed by atoms with Gasteiger partial charge in [0, 0.05) is 5.56 Å². The maximum Gasteiger partial charge on any atom is 0.326 e. The molecule has 158 valence electrons. The van der Waals surface area contributed by atoms with Crippen LogP contribution in [0.1, 0.15) is 35.3 Å². The summed E-state index contributed by atoms with van der Waals surface area (Å²) in [5.74, 6) is -1.99. The average Bonchev–Trinajstić information content (AvgIpc) is 2.71. The van der Waals surface area contributed by atoms with Gasteiger partial charge in [0.2, 0.25) is 0 Å². The predicted molar refractivity (Wildman–Crippen MR) is 114 cm³/mol. The molecule has 0 aliphatic heterocycles. The number of benzene rings is 2. The number of ether oxygens (including phenoxy) is 1. The van der Waals surface area contributed by atoms with Crippen LogP contribution in [0.4, 0.5) is 0 Å². The highest BCUT2D eigenvalue weighted by atomic mass is 16.5. The van der Waals surface area contributed by atoms with Crippen molar-refractivity contribution in [2.24, 2.45) is 5.92 Å². The van der Waals surface area contributed by atoms with Crippen LogP contribution in [0, 0.1) is 12.8 Å². The van der Waals surface area contributed by atoms with Crippen molar-refractivity contribution < 1.29 is 24.2 Å². The standard InChI is InChI=1S/C23H26N2O5/c1-14(2)20(23(28)29)25-22(27)19(13-16-7-11-18(30-4)12-8-16)24-21(26)17-9-5-15(3)6-10-17/h5-14,20H,1-4H3,(H,24,26)(H,25,27)(H,28,29)/b19-13-. The lowest BCUT2D eigenvalue weighted by Crippen LogP contribution is -2.47. The average molecular weight is 410 g/mol. The second-order valence-electron chi connectivity index (χ2n) is 7.18. The zero-order valence-corrected chi connectivity index (χ0v) is 17.4. The van der Waals surface area contributed by atoms with Gasteiger partial charge < -0.3 is 20.5 Å². The summed E-state index contributed by atoms with van der Waals surface area (Å²) in [6, 6.07) is 12.7. The van der Waals surface area contributed by atoms with Crippen molar-refractivity contribution in [3.05, 3.63) is 70.9 Å². The van der Waals surface area contributed by atoms with Gasteiger partial charge in [-0.3, -0.25) is 9.59 Å². The number of carboxylic acid groups (broad SMARTS) is 1. The highest BCUT2D eigenvalue weighted by Crippen LogP contribution is 2.14. The van der Waals surface area contributed by atoms with Crippen molar-refractivity contribution in [1.29, 1.82) is 0 Å². The molecule has 0 bridgehead atoms. The van der Waals surface area contributed by atoms with Crippen molar-refractivity contribution >= 4 is 23.9 Å². The monoisotopic (exact) mass is 410 g/mol. The van der Waals surface area contributed by atoms with Crippen LogP contribution in [0.2, 0.25) is 0 Å². The number of aryl methyl sites for hydroxylation is 1. The minimum atomic E-state index is -1.15. The quantitative estimate of drug-likeness (QED) is 0.580. The summed E-state index contributed by atoms with van der Waals surface area (Å²) in [5.41, 5.74) is 1.96. The maximum atomic E-state index is 12.8. The number of methoxy groups -OCH3 is 1. The van der Waals surface area contributed by atoms with Gasteiger partial charge in [0.05, 0.1) is 7.11 Å². The summed E-state index contributed by atoms with van der Waals surface area (Å²) in [7, 11) is 1.55. The lowest BCUT2D eigenvalue weighted by molar-refractivity contribution is -0.142. The van der Waals surface area contributed by atoms with Gasteiger partial charge in [0.15, 0.2) is 0 Å². The van der Waals surface area contributed by atoms with Crippen molar-refractivity contribution in [3.8, 4) is 5.75 Å². The van der Waals surface area contributed by atoms with Crippen LogP contribution in [0.25, 0.3) is 6.08 Å². The topological polar surface area (TPSA) is 105 Å². The summed E-state index contributed by atoms with van der Waals surface area (Å²) in [6.07, 6.45) is 1.49. The molecule has 30 heavy (non-hydrogen) atoms. The molecule has 3 N–H and O–H groups in total. The van der Waals surface area contributed by atoms with Crippen molar-refractivity contribution in [3.63, 3.8) is 0 Å². The highest BCUT2D eigenvalue weighted by Gasteiger charge is 2.25. The zero-order valence-electron chi connectivity index (χ0n) is 17.4. The number of rotatable bonds is 8. The molecule has 0 heterocycles. The number of aliphatic carboxylic acids is 1. The predicted octanol–water partition coefficient (Wildman–Crippen LogP) is 3.00. The Balaban J connectivity index is 2.33. The van der Waals surface area contributed by atoms with Crippen LogP contribution in [-0.4, -0.2) is 36.0 Å². The third-order valence-corrected chi connectivity index (χ3v) is 4.45. The molecule has 0 aliphatic rings. The molecule has 1 unspecified atom stereocenters. The van der Waals surface area contributed by atoms with E-state index in [0.29, 0.717) is 16.9 Å². The molecule has 0 aliphatic carbocycles. The van der Waals surface area contributed by atoms with E-state index >= 15 is 0 Å². The third kappa shape index (κ3) is 6.20. The van der Waals surface area contributed by atoms with Crippen molar-refractivity contribution in [2.45, 2.75) is 26.8 Å². The molecule has 2 aromatic carbocycles. The number of nitrogens with one attached hydrogen (secondary N) is 2. The van der Waals surface area contributed by atoms with Crippen molar-refractivity contribution in [2.75, 3.05) is 7.11 Å². The zero-order chi connectivity index (χ0) is 22.3. The number of carbonyl (C=O) groups is 3. The Hall–Kier alpha value is -3.61. The van der Waals surface area contributed by atoms with Gasteiger partial charge >= 0.3 is 5.97 Å². The van der Waals surface area contributed by atoms with Gasteiger partial charge in [-0.2, -0.15) is 0 Å². The molecule has 0 aromatic heterocycles. The molecule has 0 fully saturated rings. The largest absolute Gasteiger partial charge is 0.497 e. The van der Waals surface area contributed by atoms with Gasteiger partial charge in [-0.15, -0.1) is 0 Å². The molecule has 2 rings (SSSR count). The first-order valence-corrected chi connectivity index (χ1v) is 9.48. The van der Waals surface area contributed by atoms with Crippen LogP contribution in [0.5, 0.6) is 5.75 Å². The molecular weight excluding hydrogens is 384 g/mol. The number of carboxylic acids is 1. The summed E-state index contributed by atoms with van der Waals surface area (Å²) >= 11 is 0. The highest BCUT2D eigenvalue weighted by molar-refractivity contribution is 6.06. The number of hydrogen-bond acceptors (Lipinski definition) is 4. The van der Waals surface area contributed by atoms with E-state index in [1.165, 1.54) is 6.08 Å². The van der Waals surface area contributed by atoms with Crippen molar-refractivity contribution in [1.82, 2.24) is 10.6 Å². The SMILES string of the molecule is COc1ccc(/C=C(\NC(=O)c2ccc(C)cc2)C(=O)NC(C(=O)O)C(C)C)cc1. The van der Waals surface area contributed by atoms with E-state index in [-0.39, 0.29) is 11.6 Å². The van der Waals surface area contributed by atoms with E-state index in [4.69, 9.17) is 4.74 Å². The van der Waals surface area contributed by atoms with E-state index in [1.807, 2.05) is 6.92 Å². The molecule has 2 aromatic rings. The lowest BCUT2D eigenvalue weighted by Gasteiger charge is -2.19. The summed E-state index contributed by atoms with van der Waals surface area (Å²) in [4.78, 5) is 36.9. The van der Waals surface area contributed by atoms with Gasteiger partial charge in [0.25, 0.3) is 11.8 Å². The molecule has 0 spiro atoms. The van der Waals surface area contributed by atoms with E-state index in [2.05, 4.69) is 10.6 Å². The van der Waals surface area contributed by atoms with Gasteiger partial charge in [-0.1, -0.05) is 43.7 Å². The van der Waals surface area contributed by atoms with Crippen LogP contribution < -0.4 is 15.4 Å². The van der Waals surface area contributed by atoms with E-state index < -0.39 is 23.8 Å². The number of hydrogen-bond donors (Lipinski definition) is 3. The minimum absolute atomic E-state index is 0.0577. The fraction of sp³-hybridized carbons (Fsp3) is 0.261. The first-order valence-electron chi connectivity index (χ1n) is 9.48. The summed E-state index contributed by atoms with van der Waals surface area (Å²) < 4.78 is 5.12. The maximum absolute atomic E-state index is 12.8. The molecule has 1 atom stereocenters. The fourth-order valence-corrected chi connectivity index (χ4v) is 2.66. The van der Waals surface area contributed by atoms with Gasteiger partial charge in [-0.25, -0.2) is 4.79 Å².